The number of nitrogens with one attached hydrogen (secondary N) is 1. The zero-order valence-corrected chi connectivity index (χ0v) is 11.9. The fourth-order valence-electron chi connectivity index (χ4n) is 1.64. The van der Waals surface area contributed by atoms with Crippen LogP contribution in [-0.4, -0.2) is 23.2 Å². The van der Waals surface area contributed by atoms with E-state index in [-0.39, 0.29) is 6.61 Å². The zero-order chi connectivity index (χ0) is 12.7. The van der Waals surface area contributed by atoms with Gasteiger partial charge in [0.05, 0.1) is 5.01 Å². The molecule has 0 saturated carbocycles. The van der Waals surface area contributed by atoms with Gasteiger partial charge in [0.15, 0.2) is 0 Å². The van der Waals surface area contributed by atoms with E-state index < -0.39 is 0 Å². The van der Waals surface area contributed by atoms with E-state index in [1.807, 2.05) is 6.20 Å². The normalized spacial score (nSPS) is 13.2. The van der Waals surface area contributed by atoms with E-state index in [0.717, 1.165) is 25.9 Å². The molecule has 17 heavy (non-hydrogen) atoms. The summed E-state index contributed by atoms with van der Waals surface area (Å²) in [7, 11) is 0. The van der Waals surface area contributed by atoms with Crippen LogP contribution in [0.15, 0.2) is 6.20 Å². The van der Waals surface area contributed by atoms with Gasteiger partial charge >= 0.3 is 0 Å². The van der Waals surface area contributed by atoms with Crippen LogP contribution in [0.1, 0.15) is 37.1 Å². The van der Waals surface area contributed by atoms with Crippen molar-refractivity contribution in [1.29, 1.82) is 0 Å². The Morgan fingerprint density at radius 2 is 2.18 bits per heavy atom. The lowest BCUT2D eigenvalue weighted by molar-refractivity contribution is 0.260. The Labute approximate surface area is 108 Å². The number of hydrogen-bond donors (Lipinski definition) is 2. The highest BCUT2D eigenvalue weighted by Gasteiger charge is 2.05. The molecule has 0 aromatic carbocycles. The molecule has 2 N–H and O–H groups in total. The van der Waals surface area contributed by atoms with Crippen LogP contribution in [-0.2, 0) is 13.0 Å². The average Bonchev–Trinajstić information content (AvgIpc) is 2.65. The van der Waals surface area contributed by atoms with Gasteiger partial charge in [0, 0.05) is 30.6 Å². The van der Waals surface area contributed by atoms with Crippen molar-refractivity contribution in [3.05, 3.63) is 16.1 Å². The predicted octanol–water partition coefficient (Wildman–Crippen LogP) is 2.45. The van der Waals surface area contributed by atoms with Gasteiger partial charge in [-0.05, 0) is 24.8 Å². The third-order valence-electron chi connectivity index (χ3n) is 2.60. The number of aliphatic hydroxyl groups excluding tert-OH is 1. The molecule has 1 rings (SSSR count). The second kappa shape index (κ2) is 7.80. The van der Waals surface area contributed by atoms with Crippen LogP contribution >= 0.6 is 11.3 Å². The first kappa shape index (κ1) is 14.6. The second-order valence-corrected chi connectivity index (χ2v) is 6.27. The first-order chi connectivity index (χ1) is 8.11. The van der Waals surface area contributed by atoms with Gasteiger partial charge in [-0.15, -0.1) is 11.3 Å². The summed E-state index contributed by atoms with van der Waals surface area (Å²) in [6, 6.07) is 0. The lowest BCUT2D eigenvalue weighted by Gasteiger charge is -2.09. The maximum Gasteiger partial charge on any atom is 0.0930 e. The van der Waals surface area contributed by atoms with Gasteiger partial charge in [-0.3, -0.25) is 0 Å². The molecule has 0 spiro atoms. The van der Waals surface area contributed by atoms with Crippen LogP contribution < -0.4 is 5.32 Å². The summed E-state index contributed by atoms with van der Waals surface area (Å²) in [5.74, 6) is 1.20. The number of aromatic nitrogens is 1. The number of hydrogen-bond acceptors (Lipinski definition) is 4. The largest absolute Gasteiger partial charge is 0.396 e. The Kier molecular flexibility index (Phi) is 6.70. The Morgan fingerprint density at radius 1 is 1.41 bits per heavy atom. The van der Waals surface area contributed by atoms with E-state index in [1.54, 1.807) is 11.3 Å². The zero-order valence-electron chi connectivity index (χ0n) is 11.1. The molecule has 1 unspecified atom stereocenters. The summed E-state index contributed by atoms with van der Waals surface area (Å²) in [6.07, 6.45) is 3.92. The fraction of sp³-hybridized carbons (Fsp3) is 0.769. The predicted molar refractivity (Wildman–Crippen MR) is 73.2 cm³/mol. The summed E-state index contributed by atoms with van der Waals surface area (Å²) in [5, 5.41) is 13.5. The molecule has 0 amide bonds. The lowest BCUT2D eigenvalue weighted by Crippen LogP contribution is -2.20. The van der Waals surface area contributed by atoms with Crippen molar-refractivity contribution in [2.45, 2.75) is 40.2 Å². The monoisotopic (exact) mass is 256 g/mol. The molecular formula is C13H24N2OS. The van der Waals surface area contributed by atoms with Crippen molar-refractivity contribution in [2.75, 3.05) is 13.2 Å². The maximum absolute atomic E-state index is 8.80. The van der Waals surface area contributed by atoms with Crippen molar-refractivity contribution in [1.82, 2.24) is 10.3 Å². The third-order valence-corrected chi connectivity index (χ3v) is 3.62. The van der Waals surface area contributed by atoms with E-state index in [0.29, 0.717) is 11.8 Å². The SMILES string of the molecule is CC(C)Cc1ncc(CNCC(C)CCO)s1. The number of rotatable bonds is 8. The molecule has 0 fully saturated rings. The molecule has 3 nitrogen and oxygen atoms in total. The molecule has 1 atom stereocenters. The molecule has 0 aliphatic carbocycles. The fourth-order valence-corrected chi connectivity index (χ4v) is 2.74. The van der Waals surface area contributed by atoms with Crippen LogP contribution in [0, 0.1) is 11.8 Å². The summed E-state index contributed by atoms with van der Waals surface area (Å²) in [4.78, 5) is 5.73. The summed E-state index contributed by atoms with van der Waals surface area (Å²) < 4.78 is 0. The molecule has 0 aliphatic heterocycles. The van der Waals surface area contributed by atoms with Gasteiger partial charge in [0.1, 0.15) is 0 Å². The van der Waals surface area contributed by atoms with E-state index in [2.05, 4.69) is 31.1 Å². The second-order valence-electron chi connectivity index (χ2n) is 5.07. The standard InChI is InChI=1S/C13H24N2OS/c1-10(2)6-13-15-9-12(17-13)8-14-7-11(3)4-5-16/h9-11,14,16H,4-8H2,1-3H3. The molecule has 0 bridgehead atoms. The van der Waals surface area contributed by atoms with Crippen LogP contribution in [0.5, 0.6) is 0 Å². The lowest BCUT2D eigenvalue weighted by atomic mass is 10.1. The Bertz CT molecular complexity index is 312. The van der Waals surface area contributed by atoms with Crippen LogP contribution in [0.4, 0.5) is 0 Å². The minimum absolute atomic E-state index is 0.280. The highest BCUT2D eigenvalue weighted by Crippen LogP contribution is 2.16. The van der Waals surface area contributed by atoms with Gasteiger partial charge in [0.2, 0.25) is 0 Å². The first-order valence-electron chi connectivity index (χ1n) is 6.37. The molecule has 4 heteroatoms. The molecule has 0 saturated heterocycles. The summed E-state index contributed by atoms with van der Waals surface area (Å²) >= 11 is 1.80. The van der Waals surface area contributed by atoms with Crippen molar-refractivity contribution >= 4 is 11.3 Å². The van der Waals surface area contributed by atoms with E-state index in [9.17, 15) is 0 Å². The quantitative estimate of drug-likeness (QED) is 0.751. The topological polar surface area (TPSA) is 45.2 Å². The average molecular weight is 256 g/mol. The van der Waals surface area contributed by atoms with E-state index in [1.165, 1.54) is 9.88 Å². The smallest absolute Gasteiger partial charge is 0.0930 e. The molecule has 1 aromatic heterocycles. The van der Waals surface area contributed by atoms with Crippen molar-refractivity contribution in [3.63, 3.8) is 0 Å². The Morgan fingerprint density at radius 3 is 2.82 bits per heavy atom. The highest BCUT2D eigenvalue weighted by molar-refractivity contribution is 7.11. The first-order valence-corrected chi connectivity index (χ1v) is 7.18. The van der Waals surface area contributed by atoms with E-state index in [4.69, 9.17) is 5.11 Å². The van der Waals surface area contributed by atoms with Gasteiger partial charge < -0.3 is 10.4 Å². The molecule has 1 aromatic rings. The Hall–Kier alpha value is -0.450. The minimum Gasteiger partial charge on any atom is -0.396 e. The van der Waals surface area contributed by atoms with Gasteiger partial charge in [0.25, 0.3) is 0 Å². The summed E-state index contributed by atoms with van der Waals surface area (Å²) in [5.41, 5.74) is 0. The number of thiazole rings is 1. The van der Waals surface area contributed by atoms with Crippen molar-refractivity contribution < 1.29 is 5.11 Å². The third kappa shape index (κ3) is 6.15. The van der Waals surface area contributed by atoms with Crippen molar-refractivity contribution in [2.24, 2.45) is 11.8 Å². The molecule has 98 valence electrons. The molecular weight excluding hydrogens is 232 g/mol. The number of nitrogens with zero attached hydrogens (tertiary/aromatic N) is 1. The van der Waals surface area contributed by atoms with Gasteiger partial charge in [-0.1, -0.05) is 20.8 Å². The van der Waals surface area contributed by atoms with E-state index >= 15 is 0 Å². The van der Waals surface area contributed by atoms with Gasteiger partial charge in [-0.25, -0.2) is 4.98 Å². The van der Waals surface area contributed by atoms with Gasteiger partial charge in [-0.2, -0.15) is 0 Å². The number of aliphatic hydroxyl groups is 1. The van der Waals surface area contributed by atoms with Crippen LogP contribution in [0.3, 0.4) is 0 Å². The van der Waals surface area contributed by atoms with Crippen LogP contribution in [0.25, 0.3) is 0 Å². The Balaban J connectivity index is 2.25. The van der Waals surface area contributed by atoms with Crippen molar-refractivity contribution in [3.8, 4) is 0 Å². The molecule has 1 heterocycles. The van der Waals surface area contributed by atoms with Crippen LogP contribution in [0.2, 0.25) is 0 Å². The maximum atomic E-state index is 8.80. The molecule has 0 aliphatic rings. The molecule has 0 radical (unpaired) electrons. The highest BCUT2D eigenvalue weighted by atomic mass is 32.1. The minimum atomic E-state index is 0.280. The summed E-state index contributed by atoms with van der Waals surface area (Å²) in [6.45, 7) is 8.72.